The fraction of sp³-hybridized carbons (Fsp3) is 0.0455. The van der Waals surface area contributed by atoms with Gasteiger partial charge in [-0.25, -0.2) is 4.79 Å². The molecule has 0 unspecified atom stereocenters. The lowest BCUT2D eigenvalue weighted by Gasteiger charge is -2.04. The van der Waals surface area contributed by atoms with Crippen LogP contribution in [0.2, 0.25) is 0 Å². The molecule has 6 nitrogen and oxygen atoms in total. The van der Waals surface area contributed by atoms with Gasteiger partial charge in [-0.05, 0) is 48.9 Å². The van der Waals surface area contributed by atoms with E-state index in [9.17, 15) is 14.9 Å². The van der Waals surface area contributed by atoms with E-state index in [4.69, 9.17) is 9.52 Å². The Hall–Kier alpha value is -4.11. The molecule has 0 saturated carbocycles. The van der Waals surface area contributed by atoms with Crippen LogP contribution < -0.4 is 5.32 Å². The number of anilines is 1. The average molecular weight is 372 g/mol. The Bertz CT molecular complexity index is 1100. The van der Waals surface area contributed by atoms with Crippen LogP contribution in [0.5, 0.6) is 0 Å². The SMILES string of the molecule is Cc1cccc(NC(=O)/C(C#N)=C/c2ccc(-c3ccc(C(=O)O)cc3)o2)c1. The maximum absolute atomic E-state index is 12.3. The highest BCUT2D eigenvalue weighted by molar-refractivity contribution is 6.09. The highest BCUT2D eigenvalue weighted by atomic mass is 16.4. The first-order chi connectivity index (χ1) is 13.5. The molecule has 138 valence electrons. The summed E-state index contributed by atoms with van der Waals surface area (Å²) >= 11 is 0. The maximum Gasteiger partial charge on any atom is 0.335 e. The zero-order chi connectivity index (χ0) is 20.1. The summed E-state index contributed by atoms with van der Waals surface area (Å²) in [7, 11) is 0. The minimum absolute atomic E-state index is 0.0939. The maximum atomic E-state index is 12.3. The smallest absolute Gasteiger partial charge is 0.335 e. The normalized spacial score (nSPS) is 10.9. The predicted octanol–water partition coefficient (Wildman–Crippen LogP) is 4.50. The van der Waals surface area contributed by atoms with Crippen LogP contribution in [0.15, 0.2) is 70.7 Å². The van der Waals surface area contributed by atoms with Crippen molar-refractivity contribution in [2.24, 2.45) is 0 Å². The molecule has 3 rings (SSSR count). The van der Waals surface area contributed by atoms with Gasteiger partial charge in [-0.1, -0.05) is 24.3 Å². The summed E-state index contributed by atoms with van der Waals surface area (Å²) in [6.07, 6.45) is 1.36. The van der Waals surface area contributed by atoms with Gasteiger partial charge in [-0.2, -0.15) is 5.26 Å². The lowest BCUT2D eigenvalue weighted by Crippen LogP contribution is -2.13. The van der Waals surface area contributed by atoms with Crippen LogP contribution in [0.1, 0.15) is 21.7 Å². The molecule has 3 aromatic rings. The van der Waals surface area contributed by atoms with Gasteiger partial charge in [-0.3, -0.25) is 4.79 Å². The van der Waals surface area contributed by atoms with Gasteiger partial charge in [-0.15, -0.1) is 0 Å². The van der Waals surface area contributed by atoms with E-state index in [1.165, 1.54) is 18.2 Å². The Labute approximate surface area is 161 Å². The van der Waals surface area contributed by atoms with Crippen molar-refractivity contribution in [1.82, 2.24) is 0 Å². The topological polar surface area (TPSA) is 103 Å². The van der Waals surface area contributed by atoms with Crippen LogP contribution in [0.25, 0.3) is 17.4 Å². The lowest BCUT2D eigenvalue weighted by atomic mass is 10.1. The molecule has 0 fully saturated rings. The molecule has 6 heteroatoms. The minimum atomic E-state index is -1.01. The number of rotatable bonds is 5. The molecular weight excluding hydrogens is 356 g/mol. The van der Waals surface area contributed by atoms with E-state index in [0.717, 1.165) is 5.56 Å². The van der Waals surface area contributed by atoms with Crippen molar-refractivity contribution in [2.45, 2.75) is 6.92 Å². The lowest BCUT2D eigenvalue weighted by molar-refractivity contribution is -0.112. The number of furan rings is 1. The third-order valence-electron chi connectivity index (χ3n) is 3.97. The summed E-state index contributed by atoms with van der Waals surface area (Å²) in [6.45, 7) is 1.91. The summed E-state index contributed by atoms with van der Waals surface area (Å²) in [5.74, 6) is -0.697. The van der Waals surface area contributed by atoms with E-state index < -0.39 is 11.9 Å². The Balaban J connectivity index is 1.79. The van der Waals surface area contributed by atoms with Gasteiger partial charge >= 0.3 is 5.97 Å². The molecule has 0 aliphatic heterocycles. The molecule has 0 saturated heterocycles. The second kappa shape index (κ2) is 8.06. The molecule has 1 heterocycles. The quantitative estimate of drug-likeness (QED) is 0.507. The van der Waals surface area contributed by atoms with Gasteiger partial charge in [0.1, 0.15) is 23.2 Å². The van der Waals surface area contributed by atoms with Gasteiger partial charge in [0.2, 0.25) is 0 Å². The summed E-state index contributed by atoms with van der Waals surface area (Å²) in [5.41, 5.74) is 2.36. The number of carbonyl (C=O) groups is 2. The van der Waals surface area contributed by atoms with E-state index in [-0.39, 0.29) is 11.1 Å². The Kier molecular flexibility index (Phi) is 5.38. The fourth-order valence-electron chi connectivity index (χ4n) is 2.57. The molecule has 0 atom stereocenters. The van der Waals surface area contributed by atoms with Crippen molar-refractivity contribution in [3.8, 4) is 17.4 Å². The molecule has 0 aliphatic carbocycles. The number of nitriles is 1. The fourth-order valence-corrected chi connectivity index (χ4v) is 2.57. The standard InChI is InChI=1S/C22H16N2O4/c1-14-3-2-4-18(11-14)24-21(25)17(13-23)12-19-9-10-20(28-19)15-5-7-16(8-6-15)22(26)27/h2-12H,1H3,(H,24,25)(H,26,27)/b17-12+. The van der Waals surface area contributed by atoms with Gasteiger partial charge in [0.05, 0.1) is 5.56 Å². The number of benzene rings is 2. The van der Waals surface area contributed by atoms with Crippen LogP contribution in [-0.4, -0.2) is 17.0 Å². The third kappa shape index (κ3) is 4.34. The van der Waals surface area contributed by atoms with Gasteiger partial charge in [0.15, 0.2) is 0 Å². The molecule has 0 spiro atoms. The number of carboxylic acids is 1. The number of hydrogen-bond acceptors (Lipinski definition) is 4. The molecule has 28 heavy (non-hydrogen) atoms. The number of nitrogens with one attached hydrogen (secondary N) is 1. The van der Waals surface area contributed by atoms with E-state index in [2.05, 4.69) is 5.32 Å². The monoisotopic (exact) mass is 372 g/mol. The van der Waals surface area contributed by atoms with Crippen LogP contribution in [0.4, 0.5) is 5.69 Å². The zero-order valence-electron chi connectivity index (χ0n) is 15.0. The van der Waals surface area contributed by atoms with Gasteiger partial charge in [0, 0.05) is 17.3 Å². The summed E-state index contributed by atoms with van der Waals surface area (Å²) in [4.78, 5) is 23.3. The first kappa shape index (κ1) is 18.7. The highest BCUT2D eigenvalue weighted by Gasteiger charge is 2.12. The number of nitrogens with zero attached hydrogens (tertiary/aromatic N) is 1. The largest absolute Gasteiger partial charge is 0.478 e. The van der Waals surface area contributed by atoms with Crippen molar-refractivity contribution < 1.29 is 19.1 Å². The van der Waals surface area contributed by atoms with E-state index in [0.29, 0.717) is 22.8 Å². The second-order valence-corrected chi connectivity index (χ2v) is 6.08. The molecule has 0 aliphatic rings. The number of carboxylic acid groups (broad SMARTS) is 1. The van der Waals surface area contributed by atoms with Crippen molar-refractivity contribution in [1.29, 1.82) is 5.26 Å². The number of amides is 1. The van der Waals surface area contributed by atoms with Gasteiger partial charge < -0.3 is 14.8 Å². The number of carbonyl (C=O) groups excluding carboxylic acids is 1. The third-order valence-corrected chi connectivity index (χ3v) is 3.97. The summed E-state index contributed by atoms with van der Waals surface area (Å²) in [5, 5.41) is 21.0. The summed E-state index contributed by atoms with van der Waals surface area (Å²) < 4.78 is 5.67. The van der Waals surface area contributed by atoms with Crippen molar-refractivity contribution in [3.05, 3.63) is 83.1 Å². The molecule has 2 N–H and O–H groups in total. The number of aromatic carboxylic acids is 1. The predicted molar refractivity (Wildman–Crippen MR) is 105 cm³/mol. The van der Waals surface area contributed by atoms with Gasteiger partial charge in [0.25, 0.3) is 5.91 Å². The Morgan fingerprint density at radius 3 is 2.50 bits per heavy atom. The van der Waals surface area contributed by atoms with Crippen LogP contribution in [-0.2, 0) is 4.79 Å². The van der Waals surface area contributed by atoms with Crippen LogP contribution in [0.3, 0.4) is 0 Å². The van der Waals surface area contributed by atoms with Crippen molar-refractivity contribution in [3.63, 3.8) is 0 Å². The van der Waals surface area contributed by atoms with E-state index in [1.54, 1.807) is 36.4 Å². The number of aryl methyl sites for hydroxylation is 1. The number of hydrogen-bond donors (Lipinski definition) is 2. The van der Waals surface area contributed by atoms with Crippen LogP contribution >= 0.6 is 0 Å². The van der Waals surface area contributed by atoms with E-state index >= 15 is 0 Å². The molecule has 2 aromatic carbocycles. The molecule has 0 radical (unpaired) electrons. The molecular formula is C22H16N2O4. The average Bonchev–Trinajstić information content (AvgIpc) is 3.14. The molecule has 0 bridgehead atoms. The van der Waals surface area contributed by atoms with Crippen LogP contribution in [0, 0.1) is 18.3 Å². The zero-order valence-corrected chi connectivity index (χ0v) is 15.0. The second-order valence-electron chi connectivity index (χ2n) is 6.08. The first-order valence-corrected chi connectivity index (χ1v) is 8.39. The van der Waals surface area contributed by atoms with E-state index in [1.807, 2.05) is 25.1 Å². The highest BCUT2D eigenvalue weighted by Crippen LogP contribution is 2.24. The first-order valence-electron chi connectivity index (χ1n) is 8.39. The van der Waals surface area contributed by atoms with Crippen molar-refractivity contribution >= 4 is 23.6 Å². The molecule has 1 amide bonds. The minimum Gasteiger partial charge on any atom is -0.478 e. The Morgan fingerprint density at radius 1 is 1.11 bits per heavy atom. The Morgan fingerprint density at radius 2 is 1.86 bits per heavy atom. The van der Waals surface area contributed by atoms with Crippen molar-refractivity contribution in [2.75, 3.05) is 5.32 Å². The molecule has 1 aromatic heterocycles. The summed E-state index contributed by atoms with van der Waals surface area (Å²) in [6, 6.07) is 18.7.